The highest BCUT2D eigenvalue weighted by molar-refractivity contribution is 6.30. The van der Waals surface area contributed by atoms with Crippen molar-refractivity contribution in [2.45, 2.75) is 150 Å². The number of esters is 1. The van der Waals surface area contributed by atoms with E-state index in [1.165, 1.54) is 11.8 Å². The van der Waals surface area contributed by atoms with Gasteiger partial charge in [-0.25, -0.2) is 19.9 Å². The molecule has 4 amide bonds. The van der Waals surface area contributed by atoms with Gasteiger partial charge >= 0.3 is 5.97 Å². The number of likely N-dealkylation sites (N-methyl/N-ethyl adjacent to an activating group) is 4. The largest absolute Gasteiger partial charge is 0.466 e. The van der Waals surface area contributed by atoms with E-state index in [-0.39, 0.29) is 77.1 Å². The minimum atomic E-state index is -0.430. The molecule has 4 atom stereocenters. The average molecular weight is 1980 g/mol. The third-order valence-corrected chi connectivity index (χ3v) is 25.7. The number of aromatic nitrogens is 8. The lowest BCUT2D eigenvalue weighted by Crippen LogP contribution is -2.42. The monoisotopic (exact) mass is 1980 g/mol. The first-order valence-electron chi connectivity index (χ1n) is 50.1. The zero-order chi connectivity index (χ0) is 104. The van der Waals surface area contributed by atoms with E-state index < -0.39 is 24.1 Å². The number of furan rings is 1. The molecule has 10 aromatic carbocycles. The first-order valence-corrected chi connectivity index (χ1v) is 50.5. The second-order valence-corrected chi connectivity index (χ2v) is 37.5. The Bertz CT molecular complexity index is 7010. The van der Waals surface area contributed by atoms with Crippen molar-refractivity contribution in [3.05, 3.63) is 400 Å². The molecule has 5 aromatic heterocycles. The summed E-state index contributed by atoms with van der Waals surface area (Å²) < 4.78 is 17.3. The fraction of sp³-hybridized carbons (Fsp3) is 0.342. The normalized spacial score (nSPS) is 12.1. The van der Waals surface area contributed by atoms with Crippen LogP contribution in [-0.2, 0) is 46.9 Å². The van der Waals surface area contributed by atoms with Gasteiger partial charge < -0.3 is 48.4 Å². The number of ether oxygens (including phenoxy) is 1. The van der Waals surface area contributed by atoms with Crippen molar-refractivity contribution in [1.82, 2.24) is 77.4 Å². The van der Waals surface area contributed by atoms with Gasteiger partial charge in [0.2, 0.25) is 5.91 Å². The van der Waals surface area contributed by atoms with Crippen molar-refractivity contribution in [3.8, 4) is 0 Å². The van der Waals surface area contributed by atoms with E-state index in [4.69, 9.17) is 40.7 Å². The molecule has 758 valence electrons. The predicted octanol–water partition coefficient (Wildman–Crippen LogP) is 19.0. The number of unbranched alkanes of at least 4 members (excludes halogenated alkanes) is 1. The van der Waals surface area contributed by atoms with E-state index in [2.05, 4.69) is 30.9 Å². The lowest BCUT2D eigenvalue weighted by atomic mass is 10.0. The van der Waals surface area contributed by atoms with E-state index in [9.17, 15) is 43.2 Å². The number of hydrogen-bond acceptors (Lipinski definition) is 19. The summed E-state index contributed by atoms with van der Waals surface area (Å²) in [5.74, 6) is 1.68. The first kappa shape index (κ1) is 109. The maximum absolute atomic E-state index is 14.1. The molecule has 0 aliphatic heterocycles. The van der Waals surface area contributed by atoms with Gasteiger partial charge in [-0.15, -0.1) is 0 Å². The fourth-order valence-electron chi connectivity index (χ4n) is 17.7. The number of para-hydroxylation sites is 4. The van der Waals surface area contributed by atoms with E-state index in [1.54, 1.807) is 89.6 Å². The van der Waals surface area contributed by atoms with Gasteiger partial charge in [0.25, 0.3) is 40.0 Å². The highest BCUT2D eigenvalue weighted by atomic mass is 35.5. The number of carbonyl (C=O) groups is 5. The lowest BCUT2D eigenvalue weighted by Gasteiger charge is -2.33. The van der Waals surface area contributed by atoms with Gasteiger partial charge in [0.15, 0.2) is 5.76 Å². The SMILES string of the molecule is CCC(c1nc2ccccc2c(=O)n1Cc1ccccc1)N(CCN(C)C)C(=O)c1ccc(Cl)cc1.CCC(c1nc2ccccc2c(=O)n1Cc1ccccc1)N(CCN(C)C)C(=O)c1ccco1.CCCCc1ccc(C(=O)N(CCN(C)C)C(CC)c2nc3ccccc3c(=O)n2Cc2ccccc2)cc1.CCOC(=O)CCC(=O)N(CCN(C)C)C(CC)c1nc2ccccc2c(=O)n1Cc1ccccc1. The third kappa shape index (κ3) is 29.2. The van der Waals surface area contributed by atoms with Crippen LogP contribution in [0.3, 0.4) is 0 Å². The highest BCUT2D eigenvalue weighted by Gasteiger charge is 2.36. The Labute approximate surface area is 855 Å². The van der Waals surface area contributed by atoms with Crippen molar-refractivity contribution < 1.29 is 33.1 Å². The quantitative estimate of drug-likeness (QED) is 0.0321. The molecule has 15 rings (SSSR count). The molecule has 28 heteroatoms. The lowest BCUT2D eigenvalue weighted by molar-refractivity contribution is -0.146. The van der Waals surface area contributed by atoms with Crippen molar-refractivity contribution in [3.63, 3.8) is 0 Å². The van der Waals surface area contributed by atoms with Crippen LogP contribution in [-0.4, -0.2) is 222 Å². The summed E-state index contributed by atoms with van der Waals surface area (Å²) in [6, 6.07) is 85.6. The van der Waals surface area contributed by atoms with Gasteiger partial charge in [0.1, 0.15) is 23.3 Å². The molecule has 0 aliphatic carbocycles. The molecule has 5 heterocycles. The van der Waals surface area contributed by atoms with Gasteiger partial charge in [-0.1, -0.05) is 235 Å². The van der Waals surface area contributed by atoms with E-state index in [0.29, 0.717) is 187 Å². The molecule has 0 bridgehead atoms. The van der Waals surface area contributed by atoms with Gasteiger partial charge in [0, 0.05) is 74.9 Å². The number of amides is 4. The zero-order valence-electron chi connectivity index (χ0n) is 86.0. The molecule has 145 heavy (non-hydrogen) atoms. The van der Waals surface area contributed by atoms with Crippen LogP contribution in [0.4, 0.5) is 0 Å². The van der Waals surface area contributed by atoms with Gasteiger partial charge in [-0.05, 0) is 227 Å². The summed E-state index contributed by atoms with van der Waals surface area (Å²) in [4.78, 5) is 157. The molecule has 0 radical (unpaired) electrons. The van der Waals surface area contributed by atoms with Crippen molar-refractivity contribution in [1.29, 1.82) is 0 Å². The Hall–Kier alpha value is -14.5. The summed E-state index contributed by atoms with van der Waals surface area (Å²) in [5.41, 5.74) is 8.51. The van der Waals surface area contributed by atoms with E-state index in [0.717, 1.165) is 41.5 Å². The number of benzene rings is 10. The molecule has 0 saturated heterocycles. The number of fused-ring (bicyclic) bond motifs is 4. The number of halogens is 1. The van der Waals surface area contributed by atoms with Crippen LogP contribution in [0.15, 0.2) is 309 Å². The molecule has 0 fully saturated rings. The molecule has 0 N–H and O–H groups in total. The average Bonchev–Trinajstić information content (AvgIpc) is 1.71. The Kier molecular flexibility index (Phi) is 40.9. The van der Waals surface area contributed by atoms with Crippen LogP contribution in [0.5, 0.6) is 0 Å². The predicted molar refractivity (Wildman–Crippen MR) is 578 cm³/mol. The number of aryl methyl sites for hydroxylation is 1. The maximum Gasteiger partial charge on any atom is 0.306 e. The molecule has 0 spiro atoms. The fourth-order valence-corrected chi connectivity index (χ4v) is 17.9. The van der Waals surface area contributed by atoms with Crippen LogP contribution < -0.4 is 22.2 Å². The second-order valence-electron chi connectivity index (χ2n) is 37.0. The molecule has 15 aromatic rings. The van der Waals surface area contributed by atoms with Crippen molar-refractivity contribution >= 4 is 84.8 Å². The molecule has 0 saturated carbocycles. The number of rotatable bonds is 42. The highest BCUT2D eigenvalue weighted by Crippen LogP contribution is 2.33. The summed E-state index contributed by atoms with van der Waals surface area (Å²) in [6.07, 6.45) is 7.24. The van der Waals surface area contributed by atoms with Crippen LogP contribution in [0.2, 0.25) is 5.02 Å². The minimum absolute atomic E-state index is 0.0174. The van der Waals surface area contributed by atoms with Crippen molar-refractivity contribution in [2.24, 2.45) is 0 Å². The van der Waals surface area contributed by atoms with Gasteiger partial charge in [-0.3, -0.25) is 61.4 Å². The minimum Gasteiger partial charge on any atom is -0.466 e. The molecule has 0 aliphatic rings. The Balaban J connectivity index is 0.000000172. The molecule has 27 nitrogen and oxygen atoms in total. The van der Waals surface area contributed by atoms with Crippen LogP contribution >= 0.6 is 11.6 Å². The summed E-state index contributed by atoms with van der Waals surface area (Å²) in [6.45, 7) is 18.4. The van der Waals surface area contributed by atoms with Crippen molar-refractivity contribution in [2.75, 3.05) is 115 Å². The van der Waals surface area contributed by atoms with Gasteiger partial charge in [-0.2, -0.15) is 0 Å². The first-order chi connectivity index (χ1) is 70.1. The standard InChI is InChI=1S/C33H40N4O2.C29H31ClN4O2.C28H36N4O4.C27H30N4O3/c1-5-7-13-25-18-20-27(21-19-25)32(38)36(23-22-35(3)4)30(6-2)31-34-29-17-12-11-16-28(29)33(39)37(31)24-26-14-9-8-10-15-26;1-4-26(33(19-18-32(2)3)28(35)22-14-16-23(30)17-15-22)27-31-25-13-9-8-12-24(25)29(36)34(27)20-21-10-6-5-7-11-21;1-5-24(31(19-18-30(3)4)25(33)16-17-26(34)36-6-2)27-29-23-15-11-10-14-22(23)28(35)32(27)20-21-12-8-7-9-13-21;1-4-23(30(17-16-29(2)3)27(33)24-15-10-18-34-24)25-28-22-14-9-8-13-21(22)26(32)31(25)19-20-11-6-5-7-12-20/h8-12,14-21,30H,5-7,13,22-24H2,1-4H3;5-17,26H,4,18-20H2,1-3H3;7-15,24H,5-6,16-20H2,1-4H3;5-15,18,23H,4,16-17,19H2,1-3H3. The maximum atomic E-state index is 14.1. The molecular weight excluding hydrogens is 1840 g/mol. The summed E-state index contributed by atoms with van der Waals surface area (Å²) >= 11 is 6.08. The second kappa shape index (κ2) is 54.3. The Morgan fingerprint density at radius 2 is 0.614 bits per heavy atom. The van der Waals surface area contributed by atoms with Crippen LogP contribution in [0.25, 0.3) is 43.6 Å². The third-order valence-electron chi connectivity index (χ3n) is 25.5. The van der Waals surface area contributed by atoms with Crippen LogP contribution in [0.1, 0.15) is 199 Å². The molecular formula is C117H137ClN16O11. The van der Waals surface area contributed by atoms with Gasteiger partial charge in [0.05, 0.1) is 113 Å². The van der Waals surface area contributed by atoms with E-state index in [1.807, 2.05) is 314 Å². The van der Waals surface area contributed by atoms with E-state index >= 15 is 0 Å². The summed E-state index contributed by atoms with van der Waals surface area (Å²) in [5, 5.41) is 2.83. The number of nitrogens with zero attached hydrogens (tertiary/aromatic N) is 16. The zero-order valence-corrected chi connectivity index (χ0v) is 86.8. The van der Waals surface area contributed by atoms with Crippen LogP contribution in [0, 0.1) is 0 Å². The Morgan fingerprint density at radius 3 is 0.903 bits per heavy atom. The topological polar surface area (TPSA) is 273 Å². The smallest absolute Gasteiger partial charge is 0.306 e. The summed E-state index contributed by atoms with van der Waals surface area (Å²) in [7, 11) is 15.8. The number of hydrogen-bond donors (Lipinski definition) is 0. The number of carbonyl (C=O) groups excluding carboxylic acids is 5. The molecule has 4 unspecified atom stereocenters. The Morgan fingerprint density at radius 1 is 0.324 bits per heavy atom.